The van der Waals surface area contributed by atoms with Crippen LogP contribution in [-0.4, -0.2) is 44.8 Å². The fraction of sp³-hybridized carbons (Fsp3) is 0.270. The first-order chi connectivity index (χ1) is 21.0. The summed E-state index contributed by atoms with van der Waals surface area (Å²) < 4.78 is 7.24. The Bertz CT molecular complexity index is 1610. The Morgan fingerprint density at radius 2 is 1.30 bits per heavy atom. The average Bonchev–Trinajstić information content (AvgIpc) is 3.25. The number of carbonyl (C=O) groups is 3. The second-order valence-electron chi connectivity index (χ2n) is 12.2. The monoisotopic (exact) mass is 603 g/mol. The van der Waals surface area contributed by atoms with Crippen LogP contribution < -0.4 is 15.3 Å². The third-order valence-electron chi connectivity index (χ3n) is 8.14. The summed E-state index contributed by atoms with van der Waals surface area (Å²) in [5.74, 6) is -1.19. The molecule has 1 unspecified atom stereocenters. The maximum absolute atomic E-state index is 13.8. The summed E-state index contributed by atoms with van der Waals surface area (Å²) in [5.41, 5.74) is 4.23. The molecule has 0 spiro atoms. The van der Waals surface area contributed by atoms with Crippen molar-refractivity contribution in [3.63, 3.8) is 0 Å². The van der Waals surface area contributed by atoms with Crippen LogP contribution in [0.25, 0.3) is 0 Å². The highest BCUT2D eigenvalue weighted by atomic mass is 28.3. The third-order valence-corrected chi connectivity index (χ3v) is 10.3. The second-order valence-corrected chi connectivity index (χ2v) is 14.3. The summed E-state index contributed by atoms with van der Waals surface area (Å²) in [4.78, 5) is 42.5. The zero-order chi connectivity index (χ0) is 31.6. The van der Waals surface area contributed by atoms with Gasteiger partial charge >= 0.3 is 0 Å². The van der Waals surface area contributed by atoms with Gasteiger partial charge in [0.05, 0.1) is 17.2 Å². The fourth-order valence-electron chi connectivity index (χ4n) is 5.90. The van der Waals surface area contributed by atoms with Gasteiger partial charge in [-0.1, -0.05) is 99.6 Å². The number of likely N-dealkylation sites (N-methyl/N-ethyl adjacent to an activating group) is 1. The molecule has 5 rings (SSSR count). The fourth-order valence-corrected chi connectivity index (χ4v) is 8.20. The molecule has 0 aliphatic carbocycles. The number of benzene rings is 4. The molecule has 44 heavy (non-hydrogen) atoms. The molecule has 0 saturated heterocycles. The lowest BCUT2D eigenvalue weighted by Gasteiger charge is -2.37. The smallest absolute Gasteiger partial charge is 0.283 e. The molecule has 4 aromatic carbocycles. The van der Waals surface area contributed by atoms with Crippen molar-refractivity contribution < 1.29 is 18.8 Å². The third kappa shape index (κ3) is 6.03. The summed E-state index contributed by atoms with van der Waals surface area (Å²) in [6.45, 7) is 12.6. The highest BCUT2D eigenvalue weighted by Crippen LogP contribution is 2.42. The van der Waals surface area contributed by atoms with E-state index in [0.717, 1.165) is 37.7 Å². The van der Waals surface area contributed by atoms with Gasteiger partial charge in [-0.2, -0.15) is 0 Å². The van der Waals surface area contributed by atoms with Crippen LogP contribution in [0.15, 0.2) is 97.1 Å². The quantitative estimate of drug-likeness (QED) is 0.178. The van der Waals surface area contributed by atoms with Crippen molar-refractivity contribution in [1.82, 2.24) is 4.90 Å². The Morgan fingerprint density at radius 3 is 1.77 bits per heavy atom. The van der Waals surface area contributed by atoms with Gasteiger partial charge in [-0.15, -0.1) is 0 Å². The van der Waals surface area contributed by atoms with Gasteiger partial charge in [0.25, 0.3) is 20.9 Å². The summed E-state index contributed by atoms with van der Waals surface area (Å²) >= 11 is 0. The van der Waals surface area contributed by atoms with Gasteiger partial charge in [-0.05, 0) is 71.4 Å². The molecule has 0 fully saturated rings. The lowest BCUT2D eigenvalue weighted by atomic mass is 9.81. The van der Waals surface area contributed by atoms with Gasteiger partial charge in [0.15, 0.2) is 0 Å². The maximum Gasteiger partial charge on any atom is 0.283 e. The Morgan fingerprint density at radius 1 is 0.795 bits per heavy atom. The van der Waals surface area contributed by atoms with Crippen molar-refractivity contribution in [2.75, 3.05) is 18.0 Å². The number of anilines is 1. The lowest BCUT2D eigenvalue weighted by molar-refractivity contribution is -0.118. The number of amides is 3. The van der Waals surface area contributed by atoms with E-state index in [2.05, 4.69) is 76.2 Å². The SMILES string of the molecule is CCN(C(=O)CN1C(=O)c2ccccc2C1=O)c1ccc(C)c(C(O[Si](c2ccccc2)c2ccccc2)C(C)(C)C)c1C. The molecule has 1 heterocycles. The van der Waals surface area contributed by atoms with Gasteiger partial charge in [0.2, 0.25) is 5.91 Å². The van der Waals surface area contributed by atoms with Crippen molar-refractivity contribution in [3.8, 4) is 0 Å². The van der Waals surface area contributed by atoms with Crippen LogP contribution in [0.1, 0.15) is 71.2 Å². The molecule has 4 aromatic rings. The molecule has 3 amide bonds. The average molecular weight is 604 g/mol. The predicted octanol–water partition coefficient (Wildman–Crippen LogP) is 5.86. The molecule has 6 nitrogen and oxygen atoms in total. The molecular formula is C37H39N2O4Si. The van der Waals surface area contributed by atoms with Crippen molar-refractivity contribution in [2.45, 2.75) is 47.6 Å². The summed E-state index contributed by atoms with van der Waals surface area (Å²) in [7, 11) is -1.63. The Labute approximate surface area is 262 Å². The van der Waals surface area contributed by atoms with Crippen molar-refractivity contribution in [2.24, 2.45) is 5.41 Å². The Kier molecular flexibility index (Phi) is 8.99. The highest BCUT2D eigenvalue weighted by molar-refractivity contribution is 6.80. The van der Waals surface area contributed by atoms with Crippen molar-refractivity contribution in [3.05, 3.63) is 125 Å². The number of rotatable bonds is 9. The number of carbonyl (C=O) groups excluding carboxylic acids is 3. The van der Waals surface area contributed by atoms with Crippen LogP contribution in [0, 0.1) is 19.3 Å². The molecule has 1 aliphatic rings. The van der Waals surface area contributed by atoms with E-state index in [0.29, 0.717) is 17.7 Å². The summed E-state index contributed by atoms with van der Waals surface area (Å²) in [6, 6.07) is 31.5. The van der Waals surface area contributed by atoms with E-state index in [-0.39, 0.29) is 24.0 Å². The zero-order valence-electron chi connectivity index (χ0n) is 26.3. The van der Waals surface area contributed by atoms with Gasteiger partial charge in [-0.3, -0.25) is 19.3 Å². The number of aryl methyl sites for hydroxylation is 1. The van der Waals surface area contributed by atoms with Crippen LogP contribution in [0.2, 0.25) is 0 Å². The molecule has 7 heteroatoms. The number of hydrogen-bond acceptors (Lipinski definition) is 4. The standard InChI is InChI=1S/C37H39N2O4Si/c1-7-38(32(40)24-39-35(41)29-20-14-15-21-30(29)36(39)42)31-23-22-25(2)33(26(31)3)34(37(4,5)6)43-44(27-16-10-8-11-17-27)28-18-12-9-13-19-28/h8-23,34H,7,24H2,1-6H3. The van der Waals surface area contributed by atoms with E-state index in [1.54, 1.807) is 29.2 Å². The number of nitrogens with zero attached hydrogens (tertiary/aromatic N) is 2. The normalized spacial score (nSPS) is 13.8. The molecule has 225 valence electrons. The van der Waals surface area contributed by atoms with Gasteiger partial charge in [-0.25, -0.2) is 0 Å². The van der Waals surface area contributed by atoms with E-state index >= 15 is 0 Å². The first kappa shape index (κ1) is 31.1. The highest BCUT2D eigenvalue weighted by Gasteiger charge is 2.38. The molecule has 0 N–H and O–H groups in total. The summed E-state index contributed by atoms with van der Waals surface area (Å²) in [5, 5.41) is 2.33. The molecule has 1 atom stereocenters. The van der Waals surface area contributed by atoms with E-state index in [9.17, 15) is 14.4 Å². The van der Waals surface area contributed by atoms with Crippen LogP contribution in [0.5, 0.6) is 0 Å². The number of fused-ring (bicyclic) bond motifs is 1. The largest absolute Gasteiger partial charge is 0.400 e. The number of hydrogen-bond donors (Lipinski definition) is 0. The molecule has 0 saturated carbocycles. The van der Waals surface area contributed by atoms with Crippen LogP contribution in [-0.2, 0) is 9.22 Å². The summed E-state index contributed by atoms with van der Waals surface area (Å²) in [6.07, 6.45) is -0.276. The van der Waals surface area contributed by atoms with E-state index in [4.69, 9.17) is 4.43 Å². The van der Waals surface area contributed by atoms with Crippen LogP contribution >= 0.6 is 0 Å². The molecule has 0 bridgehead atoms. The van der Waals surface area contributed by atoms with Crippen LogP contribution in [0.3, 0.4) is 0 Å². The molecule has 0 aromatic heterocycles. The number of imide groups is 1. The van der Waals surface area contributed by atoms with Gasteiger partial charge in [0, 0.05) is 12.2 Å². The first-order valence-electron chi connectivity index (χ1n) is 15.0. The van der Waals surface area contributed by atoms with Crippen molar-refractivity contribution in [1.29, 1.82) is 0 Å². The Hall–Kier alpha value is -4.33. The van der Waals surface area contributed by atoms with Gasteiger partial charge in [0.1, 0.15) is 6.54 Å². The van der Waals surface area contributed by atoms with Crippen molar-refractivity contribution >= 4 is 42.8 Å². The lowest BCUT2D eigenvalue weighted by Crippen LogP contribution is -2.47. The van der Waals surface area contributed by atoms with E-state index in [1.807, 2.05) is 38.1 Å². The zero-order valence-corrected chi connectivity index (χ0v) is 27.3. The predicted molar refractivity (Wildman–Crippen MR) is 177 cm³/mol. The van der Waals surface area contributed by atoms with E-state index in [1.165, 1.54) is 0 Å². The minimum atomic E-state index is -1.63. The second kappa shape index (κ2) is 12.7. The maximum atomic E-state index is 13.8. The minimum absolute atomic E-state index is 0.269. The topological polar surface area (TPSA) is 66.9 Å². The molecule has 1 radical (unpaired) electrons. The molecular weight excluding hydrogens is 565 g/mol. The van der Waals surface area contributed by atoms with Crippen LogP contribution in [0.4, 0.5) is 5.69 Å². The Balaban J connectivity index is 1.51. The van der Waals surface area contributed by atoms with Gasteiger partial charge < -0.3 is 9.33 Å². The molecule has 1 aliphatic heterocycles. The van der Waals surface area contributed by atoms with E-state index < -0.39 is 20.9 Å². The minimum Gasteiger partial charge on any atom is -0.400 e. The first-order valence-corrected chi connectivity index (χ1v) is 16.4.